The van der Waals surface area contributed by atoms with Gasteiger partial charge in [0.1, 0.15) is 5.69 Å². The number of carbonyl (C=O) groups is 2. The van der Waals surface area contributed by atoms with Crippen molar-refractivity contribution in [1.29, 1.82) is 0 Å². The van der Waals surface area contributed by atoms with E-state index in [-0.39, 0.29) is 11.8 Å². The fraction of sp³-hybridized carbons (Fsp3) is 0.333. The van der Waals surface area contributed by atoms with Crippen molar-refractivity contribution in [3.63, 3.8) is 0 Å². The highest BCUT2D eigenvalue weighted by molar-refractivity contribution is 7.14. The van der Waals surface area contributed by atoms with Gasteiger partial charge < -0.3 is 14.7 Å². The number of halogens is 1. The van der Waals surface area contributed by atoms with Gasteiger partial charge in [-0.1, -0.05) is 29.8 Å². The van der Waals surface area contributed by atoms with Gasteiger partial charge in [-0.05, 0) is 32.3 Å². The minimum Gasteiger partial charge on any atom is -0.367 e. The third-order valence-electron chi connectivity index (χ3n) is 5.63. The van der Waals surface area contributed by atoms with E-state index in [9.17, 15) is 9.59 Å². The first-order valence-corrected chi connectivity index (χ1v) is 12.3. The van der Waals surface area contributed by atoms with Gasteiger partial charge in [0.25, 0.3) is 5.91 Å². The summed E-state index contributed by atoms with van der Waals surface area (Å²) in [5.74, 6) is -0.124. The van der Waals surface area contributed by atoms with Crippen molar-refractivity contribution in [2.45, 2.75) is 6.42 Å². The monoisotopic (exact) mass is 498 g/mol. The van der Waals surface area contributed by atoms with Gasteiger partial charge in [-0.25, -0.2) is 9.97 Å². The van der Waals surface area contributed by atoms with Crippen molar-refractivity contribution in [2.75, 3.05) is 57.0 Å². The quantitative estimate of drug-likeness (QED) is 0.534. The standard InChI is InChI=1S/C24H27ClN6O2S/c1-29(2)10-9-22(32)31-13-11-30(12-14-31)17-7-8-20(26-15-17)23(33)28-24-27-21(16-34-24)18-5-3-4-6-19(18)25/h3-8,15-16H,9-14H2,1-2H3,(H,27,28,33). The number of piperazine rings is 1. The summed E-state index contributed by atoms with van der Waals surface area (Å²) < 4.78 is 0. The molecule has 1 fully saturated rings. The summed E-state index contributed by atoms with van der Waals surface area (Å²) in [7, 11) is 3.94. The highest BCUT2D eigenvalue weighted by Crippen LogP contribution is 2.30. The maximum Gasteiger partial charge on any atom is 0.276 e. The van der Waals surface area contributed by atoms with Crippen molar-refractivity contribution in [2.24, 2.45) is 0 Å². The second-order valence-corrected chi connectivity index (χ2v) is 9.56. The Balaban J connectivity index is 1.31. The minimum absolute atomic E-state index is 0.193. The highest BCUT2D eigenvalue weighted by Gasteiger charge is 2.21. The lowest BCUT2D eigenvalue weighted by Gasteiger charge is -2.36. The normalized spacial score (nSPS) is 13.9. The van der Waals surface area contributed by atoms with Gasteiger partial charge in [-0.2, -0.15) is 0 Å². The molecule has 3 aromatic rings. The Morgan fingerprint density at radius 3 is 2.56 bits per heavy atom. The maximum absolute atomic E-state index is 12.6. The molecular formula is C24H27ClN6O2S. The summed E-state index contributed by atoms with van der Waals surface area (Å²) >= 11 is 7.58. The average molecular weight is 499 g/mol. The third kappa shape index (κ3) is 5.91. The Morgan fingerprint density at radius 2 is 1.88 bits per heavy atom. The Bertz CT molecular complexity index is 1140. The molecule has 1 aromatic carbocycles. The molecule has 4 rings (SSSR count). The minimum atomic E-state index is -0.317. The molecule has 0 bridgehead atoms. The molecule has 178 valence electrons. The fourth-order valence-electron chi connectivity index (χ4n) is 3.68. The summed E-state index contributed by atoms with van der Waals surface area (Å²) in [4.78, 5) is 39.9. The van der Waals surface area contributed by atoms with Gasteiger partial charge in [0, 0.05) is 55.1 Å². The number of hydrogen-bond donors (Lipinski definition) is 1. The van der Waals surface area contributed by atoms with Gasteiger partial charge in [0.2, 0.25) is 5.91 Å². The number of thiazole rings is 1. The van der Waals surface area contributed by atoms with E-state index in [4.69, 9.17) is 11.6 Å². The Kier molecular flexibility index (Phi) is 7.77. The first kappa shape index (κ1) is 24.1. The van der Waals surface area contributed by atoms with Crippen LogP contribution in [-0.4, -0.2) is 78.4 Å². The largest absolute Gasteiger partial charge is 0.367 e. The molecule has 34 heavy (non-hydrogen) atoms. The number of pyridine rings is 1. The number of aromatic nitrogens is 2. The van der Waals surface area contributed by atoms with E-state index >= 15 is 0 Å². The van der Waals surface area contributed by atoms with E-state index < -0.39 is 0 Å². The van der Waals surface area contributed by atoms with E-state index in [1.807, 2.05) is 59.6 Å². The van der Waals surface area contributed by atoms with E-state index in [2.05, 4.69) is 20.2 Å². The van der Waals surface area contributed by atoms with Crippen LogP contribution < -0.4 is 10.2 Å². The molecule has 1 aliphatic rings. The molecule has 8 nitrogen and oxygen atoms in total. The van der Waals surface area contributed by atoms with Crippen molar-refractivity contribution in [3.05, 3.63) is 58.7 Å². The zero-order valence-corrected chi connectivity index (χ0v) is 20.8. The first-order chi connectivity index (χ1) is 16.4. The SMILES string of the molecule is CN(C)CCC(=O)N1CCN(c2ccc(C(=O)Nc3nc(-c4ccccc4Cl)cs3)nc2)CC1. The van der Waals surface area contributed by atoms with Crippen molar-refractivity contribution in [1.82, 2.24) is 19.8 Å². The Labute approximate surface area is 208 Å². The van der Waals surface area contributed by atoms with Crippen LogP contribution >= 0.6 is 22.9 Å². The molecule has 1 N–H and O–H groups in total. The number of rotatable bonds is 7. The van der Waals surface area contributed by atoms with E-state index in [1.54, 1.807) is 12.3 Å². The molecule has 1 aliphatic heterocycles. The van der Waals surface area contributed by atoms with E-state index in [0.717, 1.165) is 30.9 Å². The lowest BCUT2D eigenvalue weighted by molar-refractivity contribution is -0.131. The number of carbonyl (C=O) groups excluding carboxylic acids is 2. The van der Waals surface area contributed by atoms with Crippen LogP contribution in [0.5, 0.6) is 0 Å². The number of nitrogens with zero attached hydrogens (tertiary/aromatic N) is 5. The number of benzene rings is 1. The van der Waals surface area contributed by atoms with Crippen LogP contribution in [-0.2, 0) is 4.79 Å². The molecule has 2 aromatic heterocycles. The second-order valence-electron chi connectivity index (χ2n) is 8.29. The molecular weight excluding hydrogens is 472 g/mol. The van der Waals surface area contributed by atoms with Crippen LogP contribution in [0.1, 0.15) is 16.9 Å². The summed E-state index contributed by atoms with van der Waals surface area (Å²) in [5.41, 5.74) is 2.79. The Morgan fingerprint density at radius 1 is 1.12 bits per heavy atom. The van der Waals surface area contributed by atoms with Gasteiger partial charge >= 0.3 is 0 Å². The average Bonchev–Trinajstić information content (AvgIpc) is 3.31. The molecule has 10 heteroatoms. The predicted molar refractivity (Wildman–Crippen MR) is 137 cm³/mol. The van der Waals surface area contributed by atoms with Crippen molar-refractivity contribution < 1.29 is 9.59 Å². The maximum atomic E-state index is 12.6. The van der Waals surface area contributed by atoms with Crippen molar-refractivity contribution >= 4 is 45.6 Å². The molecule has 3 heterocycles. The molecule has 1 saturated heterocycles. The van der Waals surface area contributed by atoms with Gasteiger partial charge in [-0.3, -0.25) is 14.9 Å². The molecule has 0 saturated carbocycles. The molecule has 0 spiro atoms. The van der Waals surface area contributed by atoms with Crippen LogP contribution in [0.4, 0.5) is 10.8 Å². The number of anilines is 2. The van der Waals surface area contributed by atoms with E-state index in [0.29, 0.717) is 41.1 Å². The van der Waals surface area contributed by atoms with Gasteiger partial charge in [-0.15, -0.1) is 11.3 Å². The van der Waals surface area contributed by atoms with Gasteiger partial charge in [0.05, 0.1) is 17.6 Å². The van der Waals surface area contributed by atoms with Gasteiger partial charge in [0.15, 0.2) is 5.13 Å². The number of nitrogens with one attached hydrogen (secondary N) is 1. The van der Waals surface area contributed by atoms with Crippen LogP contribution in [0.3, 0.4) is 0 Å². The molecule has 0 unspecified atom stereocenters. The molecule has 2 amide bonds. The number of hydrogen-bond acceptors (Lipinski definition) is 7. The summed E-state index contributed by atoms with van der Waals surface area (Å²) in [6.07, 6.45) is 2.24. The predicted octanol–water partition coefficient (Wildman–Crippen LogP) is 3.71. The smallest absolute Gasteiger partial charge is 0.276 e. The third-order valence-corrected chi connectivity index (χ3v) is 6.71. The van der Waals surface area contributed by atoms with Crippen LogP contribution in [0.2, 0.25) is 5.02 Å². The van der Waals surface area contributed by atoms with Crippen molar-refractivity contribution in [3.8, 4) is 11.3 Å². The Hall–Kier alpha value is -3.01. The van der Waals surface area contributed by atoms with Crippen LogP contribution in [0, 0.1) is 0 Å². The molecule has 0 aliphatic carbocycles. The second kappa shape index (κ2) is 10.9. The van der Waals surface area contributed by atoms with Crippen LogP contribution in [0.25, 0.3) is 11.3 Å². The summed E-state index contributed by atoms with van der Waals surface area (Å²) in [5, 5.41) is 5.77. The van der Waals surface area contributed by atoms with Crippen LogP contribution in [0.15, 0.2) is 48.0 Å². The number of amides is 2. The summed E-state index contributed by atoms with van der Waals surface area (Å²) in [6, 6.07) is 11.1. The topological polar surface area (TPSA) is 81.7 Å². The van der Waals surface area contributed by atoms with E-state index in [1.165, 1.54) is 11.3 Å². The fourth-order valence-corrected chi connectivity index (χ4v) is 4.62. The zero-order chi connectivity index (χ0) is 24.1. The molecule has 0 radical (unpaired) electrons. The lowest BCUT2D eigenvalue weighted by atomic mass is 10.2. The zero-order valence-electron chi connectivity index (χ0n) is 19.2. The lowest BCUT2D eigenvalue weighted by Crippen LogP contribution is -2.49. The first-order valence-electron chi connectivity index (χ1n) is 11.1. The highest BCUT2D eigenvalue weighted by atomic mass is 35.5. The summed E-state index contributed by atoms with van der Waals surface area (Å²) in [6.45, 7) is 3.61. The molecule has 0 atom stereocenters.